The van der Waals surface area contributed by atoms with Crippen LogP contribution in [0.25, 0.3) is 9.40 Å². The second-order valence-electron chi connectivity index (χ2n) is 4.24. The number of nitrogens with one attached hydrogen (secondary N) is 1. The zero-order valence-corrected chi connectivity index (χ0v) is 11.6. The van der Waals surface area contributed by atoms with E-state index in [0.29, 0.717) is 0 Å². The smallest absolute Gasteiger partial charge is 0.0595 e. The molecule has 1 atom stereocenters. The number of aryl methyl sites for hydroxylation is 1. The summed E-state index contributed by atoms with van der Waals surface area (Å²) in [4.78, 5) is 1.28. The molecule has 3 aromatic rings. The van der Waals surface area contributed by atoms with E-state index in [2.05, 4.69) is 28.0 Å². The van der Waals surface area contributed by atoms with Gasteiger partial charge < -0.3 is 0 Å². The monoisotopic (exact) mass is 278 g/mol. The van der Waals surface area contributed by atoms with Crippen LogP contribution in [-0.2, 0) is 13.5 Å². The van der Waals surface area contributed by atoms with E-state index < -0.39 is 0 Å². The summed E-state index contributed by atoms with van der Waals surface area (Å²) in [6, 6.07) is 4.54. The fraction of sp³-hybridized carbons (Fsp3) is 0.250. The van der Waals surface area contributed by atoms with Gasteiger partial charge in [-0.05, 0) is 29.5 Å². The van der Waals surface area contributed by atoms with Crippen LogP contribution in [0.2, 0.25) is 0 Å². The Kier molecular flexibility index (Phi) is 3.17. The average molecular weight is 278 g/mol. The zero-order chi connectivity index (χ0) is 12.5. The summed E-state index contributed by atoms with van der Waals surface area (Å²) in [5.74, 6) is 5.68. The first-order valence-electron chi connectivity index (χ1n) is 5.67. The topological polar surface area (TPSA) is 55.9 Å². The molecule has 0 aliphatic rings. The molecule has 0 spiro atoms. The Hall–Kier alpha value is -1.21. The highest BCUT2D eigenvalue weighted by molar-refractivity contribution is 7.26. The highest BCUT2D eigenvalue weighted by Gasteiger charge is 2.15. The summed E-state index contributed by atoms with van der Waals surface area (Å²) in [6.07, 6.45) is 4.78. The molecule has 94 valence electrons. The summed E-state index contributed by atoms with van der Waals surface area (Å²) in [5.41, 5.74) is 4.10. The SMILES string of the molecule is Cn1cc(CC(NN)c2cc3sccc3s2)cn1. The average Bonchev–Trinajstić information content (AvgIpc) is 3.00. The lowest BCUT2D eigenvalue weighted by Gasteiger charge is -2.12. The highest BCUT2D eigenvalue weighted by atomic mass is 32.1. The van der Waals surface area contributed by atoms with Crippen molar-refractivity contribution >= 4 is 32.1 Å². The van der Waals surface area contributed by atoms with Crippen LogP contribution in [0.3, 0.4) is 0 Å². The number of rotatable bonds is 4. The molecule has 3 rings (SSSR count). The first-order chi connectivity index (χ1) is 8.76. The van der Waals surface area contributed by atoms with Gasteiger partial charge in [-0.2, -0.15) is 5.10 Å². The standard InChI is InChI=1S/C12H14N4S2/c1-16-7-8(6-14-16)4-9(15-13)11-5-12-10(18-11)2-3-17-12/h2-3,5-7,9,15H,4,13H2,1H3. The van der Waals surface area contributed by atoms with Crippen LogP contribution in [0.4, 0.5) is 0 Å². The minimum absolute atomic E-state index is 0.152. The van der Waals surface area contributed by atoms with Crippen LogP contribution in [0, 0.1) is 0 Å². The van der Waals surface area contributed by atoms with E-state index in [-0.39, 0.29) is 6.04 Å². The number of nitrogens with zero attached hydrogens (tertiary/aromatic N) is 2. The van der Waals surface area contributed by atoms with Crippen molar-refractivity contribution < 1.29 is 0 Å². The third kappa shape index (κ3) is 2.20. The minimum atomic E-state index is 0.152. The van der Waals surface area contributed by atoms with E-state index in [1.807, 2.05) is 24.1 Å². The molecule has 0 aliphatic carbocycles. The maximum absolute atomic E-state index is 5.68. The zero-order valence-electron chi connectivity index (χ0n) is 9.96. The molecule has 0 aliphatic heterocycles. The van der Waals surface area contributed by atoms with Crippen molar-refractivity contribution in [2.75, 3.05) is 0 Å². The van der Waals surface area contributed by atoms with Gasteiger partial charge in [0, 0.05) is 27.5 Å². The van der Waals surface area contributed by atoms with Crippen molar-refractivity contribution in [3.8, 4) is 0 Å². The molecule has 0 radical (unpaired) electrons. The van der Waals surface area contributed by atoms with E-state index >= 15 is 0 Å². The fourth-order valence-corrected chi connectivity index (χ4v) is 4.19. The molecule has 0 amide bonds. The molecule has 0 bridgehead atoms. The first-order valence-corrected chi connectivity index (χ1v) is 7.36. The van der Waals surface area contributed by atoms with Gasteiger partial charge in [0.25, 0.3) is 0 Å². The molecule has 3 N–H and O–H groups in total. The van der Waals surface area contributed by atoms with Crippen LogP contribution < -0.4 is 11.3 Å². The maximum atomic E-state index is 5.68. The minimum Gasteiger partial charge on any atom is -0.276 e. The quantitative estimate of drug-likeness (QED) is 0.569. The van der Waals surface area contributed by atoms with E-state index in [0.717, 1.165) is 6.42 Å². The Morgan fingerprint density at radius 2 is 2.39 bits per heavy atom. The Balaban J connectivity index is 1.85. The summed E-state index contributed by atoms with van der Waals surface area (Å²) in [5, 5.41) is 6.31. The van der Waals surface area contributed by atoms with Crippen LogP contribution in [0.1, 0.15) is 16.5 Å². The van der Waals surface area contributed by atoms with Gasteiger partial charge in [-0.1, -0.05) is 0 Å². The molecule has 4 nitrogen and oxygen atoms in total. The lowest BCUT2D eigenvalue weighted by molar-refractivity contribution is 0.560. The molecule has 3 aromatic heterocycles. The van der Waals surface area contributed by atoms with Crippen molar-refractivity contribution in [2.24, 2.45) is 12.9 Å². The van der Waals surface area contributed by atoms with Gasteiger partial charge in [-0.3, -0.25) is 16.0 Å². The predicted octanol–water partition coefficient (Wildman–Crippen LogP) is 2.44. The van der Waals surface area contributed by atoms with Gasteiger partial charge >= 0.3 is 0 Å². The number of hydrogen-bond donors (Lipinski definition) is 2. The van der Waals surface area contributed by atoms with Crippen molar-refractivity contribution in [3.63, 3.8) is 0 Å². The van der Waals surface area contributed by atoms with Crippen LogP contribution in [0.5, 0.6) is 0 Å². The van der Waals surface area contributed by atoms with Crippen LogP contribution >= 0.6 is 22.7 Å². The Bertz CT molecular complexity index is 623. The van der Waals surface area contributed by atoms with Gasteiger partial charge in [0.05, 0.1) is 12.2 Å². The lowest BCUT2D eigenvalue weighted by atomic mass is 10.1. The van der Waals surface area contributed by atoms with Gasteiger partial charge in [0.1, 0.15) is 0 Å². The third-order valence-corrected chi connectivity index (χ3v) is 5.11. The van der Waals surface area contributed by atoms with Crippen LogP contribution in [0.15, 0.2) is 29.9 Å². The summed E-state index contributed by atoms with van der Waals surface area (Å²) < 4.78 is 4.48. The predicted molar refractivity (Wildman–Crippen MR) is 76.7 cm³/mol. The van der Waals surface area contributed by atoms with Crippen LogP contribution in [-0.4, -0.2) is 9.78 Å². The molecular formula is C12H14N4S2. The Morgan fingerprint density at radius 3 is 3.06 bits per heavy atom. The molecule has 0 saturated heterocycles. The van der Waals surface area contributed by atoms with Crippen molar-refractivity contribution in [1.29, 1.82) is 0 Å². The molecule has 6 heteroatoms. The molecule has 3 heterocycles. The third-order valence-electron chi connectivity index (χ3n) is 2.90. The number of thiophene rings is 2. The number of hydrogen-bond acceptors (Lipinski definition) is 5. The van der Waals surface area contributed by atoms with Crippen molar-refractivity contribution in [2.45, 2.75) is 12.5 Å². The Morgan fingerprint density at radius 1 is 1.50 bits per heavy atom. The number of nitrogens with two attached hydrogens (primary N) is 1. The van der Waals surface area contributed by atoms with Crippen molar-refractivity contribution in [1.82, 2.24) is 15.2 Å². The normalized spacial score (nSPS) is 13.2. The highest BCUT2D eigenvalue weighted by Crippen LogP contribution is 2.34. The van der Waals surface area contributed by atoms with E-state index in [9.17, 15) is 0 Å². The molecule has 18 heavy (non-hydrogen) atoms. The fourth-order valence-electron chi connectivity index (χ4n) is 2.01. The Labute approximate surface area is 113 Å². The second-order valence-corrected chi connectivity index (χ2v) is 6.31. The lowest BCUT2D eigenvalue weighted by Crippen LogP contribution is -2.28. The van der Waals surface area contributed by atoms with Gasteiger partial charge in [-0.15, -0.1) is 22.7 Å². The summed E-state index contributed by atoms with van der Waals surface area (Å²) >= 11 is 3.58. The number of hydrazine groups is 1. The van der Waals surface area contributed by atoms with E-state index in [1.165, 1.54) is 19.8 Å². The molecular weight excluding hydrogens is 264 g/mol. The van der Waals surface area contributed by atoms with Crippen molar-refractivity contribution in [3.05, 3.63) is 40.3 Å². The van der Waals surface area contributed by atoms with Gasteiger partial charge in [-0.25, -0.2) is 0 Å². The van der Waals surface area contributed by atoms with E-state index in [1.54, 1.807) is 22.7 Å². The number of aromatic nitrogens is 2. The molecule has 0 fully saturated rings. The van der Waals surface area contributed by atoms with E-state index in [4.69, 9.17) is 5.84 Å². The molecule has 0 aromatic carbocycles. The second kappa shape index (κ2) is 4.81. The summed E-state index contributed by atoms with van der Waals surface area (Å²) in [6.45, 7) is 0. The first kappa shape index (κ1) is 11.9. The maximum Gasteiger partial charge on any atom is 0.0595 e. The van der Waals surface area contributed by atoms with Gasteiger partial charge in [0.2, 0.25) is 0 Å². The molecule has 1 unspecified atom stereocenters. The number of fused-ring (bicyclic) bond motifs is 1. The summed E-state index contributed by atoms with van der Waals surface area (Å²) in [7, 11) is 1.93. The van der Waals surface area contributed by atoms with Gasteiger partial charge in [0.15, 0.2) is 0 Å². The largest absolute Gasteiger partial charge is 0.276 e. The molecule has 0 saturated carbocycles.